The lowest BCUT2D eigenvalue weighted by Gasteiger charge is -2.11. The van der Waals surface area contributed by atoms with Gasteiger partial charge in [0.05, 0.1) is 30.0 Å². The van der Waals surface area contributed by atoms with Crippen molar-refractivity contribution in [3.8, 4) is 5.75 Å². The fourth-order valence-electron chi connectivity index (χ4n) is 1.42. The number of carbonyl (C=O) groups is 2. The standard InChI is InChI=1S/C11H12Cl2NO7P.H3N/c1-20-10-7(13)3-2-6(12)9(10)11(16)21-8(15)4-14-5-22(17,18)19;/h2-3,14H,4-5H2,1H3,(H2,17,18,19);1H3. The van der Waals surface area contributed by atoms with Gasteiger partial charge in [-0.05, 0) is 12.1 Å². The molecule has 130 valence electrons. The highest BCUT2D eigenvalue weighted by Crippen LogP contribution is 2.34. The maximum Gasteiger partial charge on any atom is 0.351 e. The summed E-state index contributed by atoms with van der Waals surface area (Å²) in [5, 5.41) is 2.23. The molecule has 0 atom stereocenters. The topological polar surface area (TPSA) is 157 Å². The van der Waals surface area contributed by atoms with Crippen LogP contribution in [-0.2, 0) is 14.1 Å². The Kier molecular flexibility index (Phi) is 8.71. The summed E-state index contributed by atoms with van der Waals surface area (Å²) in [6.07, 6.45) is -0.725. The number of esters is 2. The minimum atomic E-state index is -4.30. The van der Waals surface area contributed by atoms with Gasteiger partial charge in [-0.1, -0.05) is 23.2 Å². The van der Waals surface area contributed by atoms with Crippen molar-refractivity contribution in [3.63, 3.8) is 0 Å². The minimum Gasteiger partial charge on any atom is -0.494 e. The molecular weight excluding hydrogens is 374 g/mol. The van der Waals surface area contributed by atoms with Crippen LogP contribution in [0.3, 0.4) is 0 Å². The van der Waals surface area contributed by atoms with E-state index in [1.807, 2.05) is 0 Å². The smallest absolute Gasteiger partial charge is 0.351 e. The normalized spacial score (nSPS) is 10.7. The number of halogens is 2. The van der Waals surface area contributed by atoms with Crippen molar-refractivity contribution >= 4 is 42.7 Å². The van der Waals surface area contributed by atoms with Crippen molar-refractivity contribution in [2.75, 3.05) is 19.9 Å². The molecule has 1 aromatic carbocycles. The molecule has 9 nitrogen and oxygen atoms in total. The molecule has 1 aromatic rings. The van der Waals surface area contributed by atoms with Crippen LogP contribution in [-0.4, -0.2) is 41.7 Å². The van der Waals surface area contributed by atoms with Crippen LogP contribution < -0.4 is 16.2 Å². The number of benzene rings is 1. The second-order valence-electron chi connectivity index (χ2n) is 3.95. The number of ether oxygens (including phenoxy) is 2. The molecule has 0 saturated heterocycles. The molecule has 0 aliphatic rings. The van der Waals surface area contributed by atoms with Crippen LogP contribution in [0.5, 0.6) is 5.75 Å². The lowest BCUT2D eigenvalue weighted by Crippen LogP contribution is -2.27. The van der Waals surface area contributed by atoms with Crippen LogP contribution in [0.4, 0.5) is 0 Å². The second kappa shape index (κ2) is 9.19. The van der Waals surface area contributed by atoms with Crippen molar-refractivity contribution in [3.05, 3.63) is 27.7 Å². The highest BCUT2D eigenvalue weighted by atomic mass is 35.5. The Morgan fingerprint density at radius 3 is 2.35 bits per heavy atom. The summed E-state index contributed by atoms with van der Waals surface area (Å²) in [7, 11) is -3.04. The number of methoxy groups -OCH3 is 1. The number of nitrogens with one attached hydrogen (secondary N) is 1. The average Bonchev–Trinajstić information content (AvgIpc) is 2.39. The Labute approximate surface area is 141 Å². The summed E-state index contributed by atoms with van der Waals surface area (Å²) in [5.74, 6) is -2.18. The van der Waals surface area contributed by atoms with Gasteiger partial charge in [-0.2, -0.15) is 0 Å². The van der Waals surface area contributed by atoms with E-state index in [4.69, 9.17) is 37.7 Å². The van der Waals surface area contributed by atoms with Gasteiger partial charge in [0, 0.05) is 0 Å². The van der Waals surface area contributed by atoms with Crippen LogP contribution >= 0.6 is 30.8 Å². The zero-order valence-corrected chi connectivity index (χ0v) is 14.3. The van der Waals surface area contributed by atoms with E-state index >= 15 is 0 Å². The van der Waals surface area contributed by atoms with Crippen molar-refractivity contribution < 1.29 is 33.4 Å². The quantitative estimate of drug-likeness (QED) is 0.322. The maximum atomic E-state index is 11.9. The average molecular weight is 389 g/mol. The number of hydrogen-bond donors (Lipinski definition) is 4. The Bertz CT molecular complexity index is 635. The molecule has 0 radical (unpaired) electrons. The van der Waals surface area contributed by atoms with Crippen molar-refractivity contribution in [1.82, 2.24) is 11.5 Å². The molecule has 0 unspecified atom stereocenters. The van der Waals surface area contributed by atoms with Crippen LogP contribution in [0.25, 0.3) is 0 Å². The van der Waals surface area contributed by atoms with Crippen LogP contribution in [0.1, 0.15) is 10.4 Å². The van der Waals surface area contributed by atoms with Gasteiger partial charge in [-0.3, -0.25) is 14.7 Å². The Balaban J connectivity index is 0.00000484. The van der Waals surface area contributed by atoms with Gasteiger partial charge >= 0.3 is 19.5 Å². The first-order valence-corrected chi connectivity index (χ1v) is 8.23. The van der Waals surface area contributed by atoms with E-state index < -0.39 is 32.4 Å². The summed E-state index contributed by atoms with van der Waals surface area (Å²) >= 11 is 11.7. The van der Waals surface area contributed by atoms with Gasteiger partial charge in [0.1, 0.15) is 5.56 Å². The monoisotopic (exact) mass is 388 g/mol. The van der Waals surface area contributed by atoms with E-state index in [-0.39, 0.29) is 27.5 Å². The van der Waals surface area contributed by atoms with Gasteiger partial charge in [-0.15, -0.1) is 0 Å². The summed E-state index contributed by atoms with van der Waals surface area (Å²) < 4.78 is 20.0. The summed E-state index contributed by atoms with van der Waals surface area (Å²) in [5.41, 5.74) is -0.222. The third-order valence-electron chi connectivity index (χ3n) is 2.26. The second-order valence-corrected chi connectivity index (χ2v) is 6.41. The first-order chi connectivity index (χ1) is 10.2. The first-order valence-electron chi connectivity index (χ1n) is 5.68. The van der Waals surface area contributed by atoms with E-state index in [1.165, 1.54) is 19.2 Å². The van der Waals surface area contributed by atoms with Crippen LogP contribution in [0, 0.1) is 0 Å². The lowest BCUT2D eigenvalue weighted by atomic mass is 10.2. The zero-order chi connectivity index (χ0) is 16.9. The molecule has 12 heteroatoms. The fourth-order valence-corrected chi connectivity index (χ4v) is 2.28. The van der Waals surface area contributed by atoms with Gasteiger partial charge in [0.15, 0.2) is 5.75 Å². The summed E-state index contributed by atoms with van der Waals surface area (Å²) in [4.78, 5) is 40.6. The van der Waals surface area contributed by atoms with Crippen molar-refractivity contribution in [1.29, 1.82) is 0 Å². The molecule has 0 bridgehead atoms. The molecule has 0 saturated carbocycles. The molecule has 0 aromatic heterocycles. The molecule has 0 aliphatic heterocycles. The van der Waals surface area contributed by atoms with Gasteiger partial charge in [0.2, 0.25) is 0 Å². The highest BCUT2D eigenvalue weighted by molar-refractivity contribution is 7.51. The van der Waals surface area contributed by atoms with Gasteiger partial charge in [0.25, 0.3) is 0 Å². The Morgan fingerprint density at radius 1 is 1.26 bits per heavy atom. The first kappa shape index (κ1) is 21.8. The van der Waals surface area contributed by atoms with Crippen molar-refractivity contribution in [2.45, 2.75) is 0 Å². The van der Waals surface area contributed by atoms with Gasteiger partial charge < -0.3 is 25.4 Å². The van der Waals surface area contributed by atoms with Crippen LogP contribution in [0.15, 0.2) is 12.1 Å². The fraction of sp³-hybridized carbons (Fsp3) is 0.273. The molecule has 23 heavy (non-hydrogen) atoms. The number of hydrogen-bond acceptors (Lipinski definition) is 7. The molecule has 1 rings (SSSR count). The minimum absolute atomic E-state index is 0. The zero-order valence-electron chi connectivity index (χ0n) is 11.9. The van der Waals surface area contributed by atoms with E-state index in [0.29, 0.717) is 0 Å². The van der Waals surface area contributed by atoms with Crippen LogP contribution in [0.2, 0.25) is 10.0 Å². The Hall–Kier alpha value is -1.19. The molecule has 0 fully saturated rings. The van der Waals surface area contributed by atoms with E-state index in [1.54, 1.807) is 0 Å². The predicted molar refractivity (Wildman–Crippen MR) is 83.4 cm³/mol. The summed E-state index contributed by atoms with van der Waals surface area (Å²) in [6, 6.07) is 2.74. The molecular formula is C11H15Cl2N2O7P. The summed E-state index contributed by atoms with van der Waals surface area (Å²) in [6.45, 7) is -0.572. The molecule has 0 aliphatic carbocycles. The van der Waals surface area contributed by atoms with E-state index in [0.717, 1.165) is 0 Å². The molecule has 0 spiro atoms. The van der Waals surface area contributed by atoms with E-state index in [2.05, 4.69) is 10.1 Å². The molecule has 6 N–H and O–H groups in total. The third-order valence-corrected chi connectivity index (χ3v) is 3.51. The lowest BCUT2D eigenvalue weighted by molar-refractivity contribution is -0.136. The van der Waals surface area contributed by atoms with Gasteiger partial charge in [-0.25, -0.2) is 4.79 Å². The maximum absolute atomic E-state index is 11.9. The largest absolute Gasteiger partial charge is 0.494 e. The third kappa shape index (κ3) is 6.84. The molecule has 0 heterocycles. The predicted octanol–water partition coefficient (Wildman–Crippen LogP) is 1.57. The highest BCUT2D eigenvalue weighted by Gasteiger charge is 2.23. The Morgan fingerprint density at radius 2 is 1.83 bits per heavy atom. The molecule has 0 amide bonds. The SMILES string of the molecule is COc1c(Cl)ccc(Cl)c1C(=O)OC(=O)CNCP(=O)(O)O.N. The van der Waals surface area contributed by atoms with E-state index in [9.17, 15) is 14.2 Å². The van der Waals surface area contributed by atoms with Crippen molar-refractivity contribution in [2.24, 2.45) is 0 Å². The number of rotatable bonds is 6. The number of carbonyl (C=O) groups excluding carboxylic acids is 2.